The van der Waals surface area contributed by atoms with E-state index in [1.165, 1.54) is 0 Å². The fraction of sp³-hybridized carbons (Fsp3) is 0.167. The quantitative estimate of drug-likeness (QED) is 0.690. The molecule has 0 aromatic heterocycles. The molecule has 6 heteroatoms. The van der Waals surface area contributed by atoms with Crippen LogP contribution < -0.4 is 0 Å². The lowest BCUT2D eigenvalue weighted by Gasteiger charge is -2.07. The zero-order valence-corrected chi connectivity index (χ0v) is 11.3. The Balaban J connectivity index is 2.26. The van der Waals surface area contributed by atoms with E-state index in [0.717, 1.165) is 21.9 Å². The Labute approximate surface area is 110 Å². The van der Waals surface area contributed by atoms with Crippen LogP contribution in [0.5, 0.6) is 0 Å². The molecule has 96 valence electrons. The van der Waals surface area contributed by atoms with Gasteiger partial charge in [0, 0.05) is 17.8 Å². The molecule has 0 spiro atoms. The lowest BCUT2D eigenvalue weighted by atomic mass is 10.0. The summed E-state index contributed by atoms with van der Waals surface area (Å²) in [5.41, 5.74) is 2.12. The van der Waals surface area contributed by atoms with Crippen molar-refractivity contribution >= 4 is 33.2 Å². The van der Waals surface area contributed by atoms with Gasteiger partial charge in [0.25, 0.3) is 0 Å². The van der Waals surface area contributed by atoms with E-state index in [0.29, 0.717) is 17.8 Å². The molecule has 0 aliphatic rings. The SMILES string of the molecule is Cc1ccc(CSOS(=O)(=O)O)c2ccccc12. The second-order valence-corrected chi connectivity index (χ2v) is 5.77. The summed E-state index contributed by atoms with van der Waals surface area (Å²) in [6, 6.07) is 11.8. The minimum atomic E-state index is -4.39. The second-order valence-electron chi connectivity index (χ2n) is 3.85. The first-order valence-corrected chi connectivity index (χ1v) is 7.51. The third-order valence-electron chi connectivity index (χ3n) is 2.58. The molecule has 0 amide bonds. The van der Waals surface area contributed by atoms with Crippen LogP contribution in [0.15, 0.2) is 36.4 Å². The predicted octanol–water partition coefficient (Wildman–Crippen LogP) is 3.12. The van der Waals surface area contributed by atoms with Gasteiger partial charge in [0.1, 0.15) is 0 Å². The molecule has 0 heterocycles. The number of benzene rings is 2. The van der Waals surface area contributed by atoms with Crippen molar-refractivity contribution in [3.8, 4) is 0 Å². The van der Waals surface area contributed by atoms with E-state index in [4.69, 9.17) is 4.55 Å². The molecule has 2 aromatic rings. The van der Waals surface area contributed by atoms with E-state index in [-0.39, 0.29) is 0 Å². The fourth-order valence-corrected chi connectivity index (χ4v) is 2.84. The van der Waals surface area contributed by atoms with Crippen LogP contribution in [0.2, 0.25) is 0 Å². The van der Waals surface area contributed by atoms with Crippen molar-refractivity contribution in [2.75, 3.05) is 0 Å². The van der Waals surface area contributed by atoms with E-state index in [9.17, 15) is 8.42 Å². The van der Waals surface area contributed by atoms with E-state index in [2.05, 4.69) is 3.63 Å². The predicted molar refractivity (Wildman–Crippen MR) is 72.6 cm³/mol. The Morgan fingerprint density at radius 3 is 2.50 bits per heavy atom. The van der Waals surface area contributed by atoms with Gasteiger partial charge >= 0.3 is 10.4 Å². The largest absolute Gasteiger partial charge is 0.408 e. The van der Waals surface area contributed by atoms with E-state index in [1.54, 1.807) is 0 Å². The van der Waals surface area contributed by atoms with Crippen molar-refractivity contribution < 1.29 is 16.6 Å². The number of hydrogen-bond donors (Lipinski definition) is 1. The molecule has 0 fully saturated rings. The highest BCUT2D eigenvalue weighted by Gasteiger charge is 2.08. The average Bonchev–Trinajstić information content (AvgIpc) is 2.31. The minimum Gasteiger partial charge on any atom is -0.263 e. The Morgan fingerprint density at radius 2 is 1.83 bits per heavy atom. The van der Waals surface area contributed by atoms with Gasteiger partial charge in [-0.05, 0) is 28.8 Å². The van der Waals surface area contributed by atoms with Crippen LogP contribution in [0.3, 0.4) is 0 Å². The summed E-state index contributed by atoms with van der Waals surface area (Å²) >= 11 is 0.696. The average molecular weight is 284 g/mol. The Hall–Kier alpha value is -1.08. The summed E-state index contributed by atoms with van der Waals surface area (Å²) < 4.78 is 33.6. The number of hydrogen-bond acceptors (Lipinski definition) is 4. The maximum Gasteiger partial charge on any atom is 0.408 e. The highest BCUT2D eigenvalue weighted by atomic mass is 32.3. The monoisotopic (exact) mass is 284 g/mol. The van der Waals surface area contributed by atoms with Gasteiger partial charge in [0.2, 0.25) is 0 Å². The normalized spacial score (nSPS) is 11.9. The molecule has 0 unspecified atom stereocenters. The molecule has 2 rings (SSSR count). The van der Waals surface area contributed by atoms with Gasteiger partial charge in [-0.1, -0.05) is 36.4 Å². The van der Waals surface area contributed by atoms with Crippen LogP contribution in [0.25, 0.3) is 10.8 Å². The molecule has 4 nitrogen and oxygen atoms in total. The van der Waals surface area contributed by atoms with E-state index >= 15 is 0 Å². The molecule has 0 radical (unpaired) electrons. The molecule has 1 N–H and O–H groups in total. The highest BCUT2D eigenvalue weighted by Crippen LogP contribution is 2.26. The number of fused-ring (bicyclic) bond motifs is 1. The van der Waals surface area contributed by atoms with Crippen LogP contribution in [-0.2, 0) is 19.8 Å². The van der Waals surface area contributed by atoms with Gasteiger partial charge in [0.15, 0.2) is 0 Å². The summed E-state index contributed by atoms with van der Waals surface area (Å²) in [5, 5.41) is 2.19. The maximum atomic E-state index is 10.5. The summed E-state index contributed by atoms with van der Waals surface area (Å²) in [5.74, 6) is 0.348. The first-order chi connectivity index (χ1) is 8.47. The van der Waals surface area contributed by atoms with Gasteiger partial charge in [-0.2, -0.15) is 12.0 Å². The number of aryl methyl sites for hydroxylation is 1. The zero-order valence-electron chi connectivity index (χ0n) is 9.66. The topological polar surface area (TPSA) is 63.6 Å². The summed E-state index contributed by atoms with van der Waals surface area (Å²) in [7, 11) is -4.39. The van der Waals surface area contributed by atoms with Crippen LogP contribution in [0.4, 0.5) is 0 Å². The third kappa shape index (κ3) is 3.23. The van der Waals surface area contributed by atoms with Gasteiger partial charge in [-0.15, -0.1) is 0 Å². The molecular weight excluding hydrogens is 272 g/mol. The standard InChI is InChI=1S/C12H12O4S2/c1-9-6-7-10(8-17-16-18(13,14)15)12-5-3-2-4-11(9)12/h2-7H,8H2,1H3,(H,13,14,15). The molecule has 0 aliphatic heterocycles. The third-order valence-corrected chi connectivity index (χ3v) is 4.08. The minimum absolute atomic E-state index is 0.348. The Kier molecular flexibility index (Phi) is 3.91. The molecule has 0 saturated heterocycles. The molecule has 0 aliphatic carbocycles. The Bertz CT molecular complexity index is 665. The smallest absolute Gasteiger partial charge is 0.263 e. The van der Waals surface area contributed by atoms with Gasteiger partial charge in [0.05, 0.1) is 0 Å². The van der Waals surface area contributed by atoms with Crippen molar-refractivity contribution in [3.05, 3.63) is 47.5 Å². The molecule has 0 saturated carbocycles. The summed E-state index contributed by atoms with van der Waals surface area (Å²) in [6.07, 6.45) is 0. The molecule has 0 atom stereocenters. The fourth-order valence-electron chi connectivity index (χ4n) is 1.79. The highest BCUT2D eigenvalue weighted by molar-refractivity contribution is 8.02. The van der Waals surface area contributed by atoms with Gasteiger partial charge in [-0.3, -0.25) is 4.55 Å². The van der Waals surface area contributed by atoms with Crippen molar-refractivity contribution in [3.63, 3.8) is 0 Å². The second kappa shape index (κ2) is 5.27. The lowest BCUT2D eigenvalue weighted by molar-refractivity contribution is 0.407. The van der Waals surface area contributed by atoms with Crippen molar-refractivity contribution in [2.45, 2.75) is 12.7 Å². The van der Waals surface area contributed by atoms with Crippen LogP contribution in [0, 0.1) is 6.92 Å². The molecule has 18 heavy (non-hydrogen) atoms. The maximum absolute atomic E-state index is 10.5. The molecule has 2 aromatic carbocycles. The zero-order chi connectivity index (χ0) is 13.2. The van der Waals surface area contributed by atoms with E-state index in [1.807, 2.05) is 43.3 Å². The first kappa shape index (κ1) is 13.4. The van der Waals surface area contributed by atoms with Crippen molar-refractivity contribution in [2.24, 2.45) is 0 Å². The Morgan fingerprint density at radius 1 is 1.17 bits per heavy atom. The van der Waals surface area contributed by atoms with Crippen LogP contribution in [0.1, 0.15) is 11.1 Å². The molecule has 0 bridgehead atoms. The molecular formula is C12H12O4S2. The van der Waals surface area contributed by atoms with Crippen LogP contribution in [-0.4, -0.2) is 13.0 Å². The van der Waals surface area contributed by atoms with Gasteiger partial charge in [-0.25, -0.2) is 0 Å². The first-order valence-electron chi connectivity index (χ1n) is 5.23. The van der Waals surface area contributed by atoms with Crippen molar-refractivity contribution in [1.29, 1.82) is 0 Å². The summed E-state index contributed by atoms with van der Waals surface area (Å²) in [6.45, 7) is 2.02. The number of rotatable bonds is 4. The van der Waals surface area contributed by atoms with Crippen LogP contribution >= 0.6 is 12.0 Å². The van der Waals surface area contributed by atoms with Gasteiger partial charge < -0.3 is 0 Å². The van der Waals surface area contributed by atoms with E-state index < -0.39 is 10.4 Å². The van der Waals surface area contributed by atoms with Crippen molar-refractivity contribution in [1.82, 2.24) is 0 Å². The summed E-state index contributed by atoms with van der Waals surface area (Å²) in [4.78, 5) is 0. The lowest BCUT2D eigenvalue weighted by Crippen LogP contribution is -1.97.